The van der Waals surface area contributed by atoms with E-state index < -0.39 is 0 Å². The maximum atomic E-state index is 11.0. The predicted octanol–water partition coefficient (Wildman–Crippen LogP) is 3.51. The third-order valence-corrected chi connectivity index (χ3v) is 4.46. The number of phenols is 1. The summed E-state index contributed by atoms with van der Waals surface area (Å²) < 4.78 is 5.28. The lowest BCUT2D eigenvalue weighted by atomic mass is 10.0. The van der Waals surface area contributed by atoms with Crippen molar-refractivity contribution < 1.29 is 14.6 Å². The summed E-state index contributed by atoms with van der Waals surface area (Å²) >= 11 is 0. The first-order chi connectivity index (χ1) is 11.6. The number of hydrogen-bond acceptors (Lipinski definition) is 4. The van der Waals surface area contributed by atoms with E-state index in [0.717, 1.165) is 37.9 Å². The van der Waals surface area contributed by atoms with Crippen LogP contribution in [0.1, 0.15) is 30.9 Å². The van der Waals surface area contributed by atoms with Gasteiger partial charge < -0.3 is 14.7 Å². The molecule has 1 N–H and O–H groups in total. The zero-order valence-electron chi connectivity index (χ0n) is 13.9. The Morgan fingerprint density at radius 2 is 1.79 bits per heavy atom. The average Bonchev–Trinajstić information content (AvgIpc) is 2.58. The second-order valence-electron chi connectivity index (χ2n) is 6.27. The molecule has 0 spiro atoms. The van der Waals surface area contributed by atoms with Crippen molar-refractivity contribution in [2.75, 3.05) is 18.0 Å². The van der Waals surface area contributed by atoms with Crippen molar-refractivity contribution in [3.8, 4) is 5.75 Å². The number of hydrogen-bond donors (Lipinski definition) is 1. The molecule has 0 aliphatic carbocycles. The Hall–Kier alpha value is -2.49. The lowest BCUT2D eigenvalue weighted by Crippen LogP contribution is -2.37. The molecule has 0 amide bonds. The highest BCUT2D eigenvalue weighted by atomic mass is 16.5. The van der Waals surface area contributed by atoms with Gasteiger partial charge in [0.25, 0.3) is 0 Å². The zero-order chi connectivity index (χ0) is 16.9. The normalized spacial score (nSPS) is 15.3. The first kappa shape index (κ1) is 16.4. The van der Waals surface area contributed by atoms with E-state index in [1.54, 1.807) is 6.07 Å². The second-order valence-corrected chi connectivity index (χ2v) is 6.27. The number of ether oxygens (including phenoxy) is 1. The highest BCUT2D eigenvalue weighted by Crippen LogP contribution is 2.24. The van der Waals surface area contributed by atoms with E-state index in [2.05, 4.69) is 29.2 Å². The van der Waals surface area contributed by atoms with Crippen LogP contribution < -0.4 is 4.90 Å². The van der Waals surface area contributed by atoms with Crippen LogP contribution in [0, 0.1) is 0 Å². The molecule has 0 bridgehead atoms. The average molecular weight is 325 g/mol. The van der Waals surface area contributed by atoms with Gasteiger partial charge in [-0.25, -0.2) is 0 Å². The van der Waals surface area contributed by atoms with Gasteiger partial charge in [-0.15, -0.1) is 0 Å². The standard InChI is InChI=1S/C20H23NO3/c1-15(22)24-19-10-12-21(13-11-19)18-8-6-16(7-9-18)14-17-4-2-3-5-20(17)23/h2-9,19,23H,10-14H2,1H3. The Balaban J connectivity index is 1.59. The van der Waals surface area contributed by atoms with E-state index in [0.29, 0.717) is 5.75 Å². The summed E-state index contributed by atoms with van der Waals surface area (Å²) in [6, 6.07) is 15.9. The molecule has 0 aromatic heterocycles. The third-order valence-electron chi connectivity index (χ3n) is 4.46. The van der Waals surface area contributed by atoms with Crippen LogP contribution in [0.4, 0.5) is 5.69 Å². The molecule has 0 unspecified atom stereocenters. The molecule has 0 saturated carbocycles. The van der Waals surface area contributed by atoms with Gasteiger partial charge in [-0.05, 0) is 29.3 Å². The minimum absolute atomic E-state index is 0.0547. The van der Waals surface area contributed by atoms with Crippen LogP contribution in [0.5, 0.6) is 5.75 Å². The highest BCUT2D eigenvalue weighted by molar-refractivity contribution is 5.66. The maximum Gasteiger partial charge on any atom is 0.302 e. The summed E-state index contributed by atoms with van der Waals surface area (Å²) in [7, 11) is 0. The van der Waals surface area contributed by atoms with Gasteiger partial charge in [0.15, 0.2) is 0 Å². The van der Waals surface area contributed by atoms with Gasteiger partial charge in [0.05, 0.1) is 0 Å². The first-order valence-electron chi connectivity index (χ1n) is 8.40. The summed E-state index contributed by atoms with van der Waals surface area (Å²) in [6.07, 6.45) is 2.53. The topological polar surface area (TPSA) is 49.8 Å². The maximum absolute atomic E-state index is 11.0. The van der Waals surface area contributed by atoms with E-state index in [1.165, 1.54) is 18.2 Å². The molecular formula is C20H23NO3. The first-order valence-corrected chi connectivity index (χ1v) is 8.40. The fourth-order valence-electron chi connectivity index (χ4n) is 3.17. The van der Waals surface area contributed by atoms with E-state index in [1.807, 2.05) is 18.2 Å². The van der Waals surface area contributed by atoms with Crippen molar-refractivity contribution in [3.63, 3.8) is 0 Å². The van der Waals surface area contributed by atoms with Gasteiger partial charge in [0.2, 0.25) is 0 Å². The van der Waals surface area contributed by atoms with E-state index in [4.69, 9.17) is 4.74 Å². The summed E-state index contributed by atoms with van der Waals surface area (Å²) in [6.45, 7) is 3.27. The monoisotopic (exact) mass is 325 g/mol. The number of carbonyl (C=O) groups is 1. The number of benzene rings is 2. The molecule has 2 aromatic rings. The van der Waals surface area contributed by atoms with Crippen LogP contribution in [0.15, 0.2) is 48.5 Å². The van der Waals surface area contributed by atoms with Crippen molar-refractivity contribution in [1.82, 2.24) is 0 Å². The number of rotatable bonds is 4. The molecule has 3 rings (SSSR count). The second kappa shape index (κ2) is 7.39. The van der Waals surface area contributed by atoms with Crippen LogP contribution in [-0.2, 0) is 16.0 Å². The quantitative estimate of drug-likeness (QED) is 0.874. The van der Waals surface area contributed by atoms with Gasteiger partial charge in [-0.2, -0.15) is 0 Å². The molecule has 0 radical (unpaired) electrons. The third kappa shape index (κ3) is 4.07. The Kier molecular flexibility index (Phi) is 5.04. The van der Waals surface area contributed by atoms with Gasteiger partial charge >= 0.3 is 5.97 Å². The van der Waals surface area contributed by atoms with Crippen molar-refractivity contribution in [2.24, 2.45) is 0 Å². The van der Waals surface area contributed by atoms with Crippen molar-refractivity contribution in [2.45, 2.75) is 32.3 Å². The summed E-state index contributed by atoms with van der Waals surface area (Å²) in [5, 5.41) is 9.87. The van der Waals surface area contributed by atoms with E-state index in [9.17, 15) is 9.90 Å². The number of aromatic hydroxyl groups is 1. The van der Waals surface area contributed by atoms with Crippen LogP contribution in [0.25, 0.3) is 0 Å². The zero-order valence-corrected chi connectivity index (χ0v) is 13.9. The van der Waals surface area contributed by atoms with Gasteiger partial charge in [0, 0.05) is 45.0 Å². The number of carbonyl (C=O) groups excluding carboxylic acids is 1. The number of esters is 1. The smallest absolute Gasteiger partial charge is 0.302 e. The Morgan fingerprint density at radius 1 is 1.12 bits per heavy atom. The number of nitrogens with zero attached hydrogens (tertiary/aromatic N) is 1. The molecule has 2 aromatic carbocycles. The summed E-state index contributed by atoms with van der Waals surface area (Å²) in [5.41, 5.74) is 3.31. The fourth-order valence-corrected chi connectivity index (χ4v) is 3.17. The van der Waals surface area contributed by atoms with Gasteiger partial charge in [-0.1, -0.05) is 30.3 Å². The number of phenolic OH excluding ortho intramolecular Hbond substituents is 1. The number of anilines is 1. The molecule has 1 aliphatic rings. The summed E-state index contributed by atoms with van der Waals surface area (Å²) in [4.78, 5) is 13.3. The molecule has 24 heavy (non-hydrogen) atoms. The Morgan fingerprint density at radius 3 is 2.42 bits per heavy atom. The van der Waals surface area contributed by atoms with Crippen molar-refractivity contribution in [3.05, 3.63) is 59.7 Å². The minimum Gasteiger partial charge on any atom is -0.508 e. The van der Waals surface area contributed by atoms with E-state index in [-0.39, 0.29) is 12.1 Å². The van der Waals surface area contributed by atoms with Crippen molar-refractivity contribution >= 4 is 11.7 Å². The van der Waals surface area contributed by atoms with Crippen LogP contribution in [0.2, 0.25) is 0 Å². The van der Waals surface area contributed by atoms with Crippen LogP contribution in [-0.4, -0.2) is 30.3 Å². The van der Waals surface area contributed by atoms with Crippen LogP contribution >= 0.6 is 0 Å². The molecule has 126 valence electrons. The predicted molar refractivity (Wildman–Crippen MR) is 94.4 cm³/mol. The molecule has 1 saturated heterocycles. The Bertz CT molecular complexity index is 688. The largest absolute Gasteiger partial charge is 0.508 e. The SMILES string of the molecule is CC(=O)OC1CCN(c2ccc(Cc3ccccc3O)cc2)CC1. The number of para-hydroxylation sites is 1. The highest BCUT2D eigenvalue weighted by Gasteiger charge is 2.21. The lowest BCUT2D eigenvalue weighted by molar-refractivity contribution is -0.147. The minimum atomic E-state index is -0.193. The Labute approximate surface area is 142 Å². The molecule has 0 atom stereocenters. The van der Waals surface area contributed by atoms with Gasteiger partial charge in [0.1, 0.15) is 11.9 Å². The molecule has 1 heterocycles. The fraction of sp³-hybridized carbons (Fsp3) is 0.350. The van der Waals surface area contributed by atoms with E-state index >= 15 is 0 Å². The van der Waals surface area contributed by atoms with Crippen molar-refractivity contribution in [1.29, 1.82) is 0 Å². The van der Waals surface area contributed by atoms with Crippen LogP contribution in [0.3, 0.4) is 0 Å². The molecule has 4 heteroatoms. The van der Waals surface area contributed by atoms with Gasteiger partial charge in [-0.3, -0.25) is 4.79 Å². The molecular weight excluding hydrogens is 302 g/mol. The molecule has 1 fully saturated rings. The lowest BCUT2D eigenvalue weighted by Gasteiger charge is -2.33. The number of piperidine rings is 1. The summed E-state index contributed by atoms with van der Waals surface area (Å²) in [5.74, 6) is 0.149. The molecule has 1 aliphatic heterocycles. The molecule has 4 nitrogen and oxygen atoms in total.